The Bertz CT molecular complexity index is 879. The molecule has 0 fully saturated rings. The predicted molar refractivity (Wildman–Crippen MR) is 107 cm³/mol. The summed E-state index contributed by atoms with van der Waals surface area (Å²) in [6.07, 6.45) is 1.48. The Kier molecular flexibility index (Phi) is 7.31. The highest BCUT2D eigenvalue weighted by atomic mass is 79.9. The van der Waals surface area contributed by atoms with Crippen molar-refractivity contribution < 1.29 is 19.1 Å². The number of benzene rings is 2. The molecule has 0 aliphatic heterocycles. The number of nitrogens with one attached hydrogen (secondary N) is 2. The summed E-state index contributed by atoms with van der Waals surface area (Å²) in [5, 5.41) is 5.08. The van der Waals surface area contributed by atoms with Crippen LogP contribution < -0.4 is 10.6 Å². The van der Waals surface area contributed by atoms with Gasteiger partial charge < -0.3 is 15.4 Å². The number of carbonyl (C=O) groups excluding carboxylic acids is 3. The van der Waals surface area contributed by atoms with E-state index < -0.39 is 24.4 Å². The fraction of sp³-hybridized carbons (Fsp3) is 0.150. The van der Waals surface area contributed by atoms with Crippen LogP contribution in [-0.2, 0) is 19.1 Å². The van der Waals surface area contributed by atoms with Crippen LogP contribution in [-0.4, -0.2) is 24.4 Å². The Morgan fingerprint density at radius 1 is 1.11 bits per heavy atom. The molecule has 0 bridgehead atoms. The van der Waals surface area contributed by atoms with Crippen LogP contribution in [0.2, 0.25) is 0 Å². The van der Waals surface area contributed by atoms with Gasteiger partial charge in [0.15, 0.2) is 6.61 Å². The topological polar surface area (TPSA) is 84.5 Å². The first-order valence-corrected chi connectivity index (χ1v) is 8.92. The third-order valence-electron chi connectivity index (χ3n) is 3.37. The van der Waals surface area contributed by atoms with E-state index in [4.69, 9.17) is 4.74 Å². The molecule has 2 amide bonds. The molecule has 0 unspecified atom stereocenters. The molecule has 0 aliphatic carbocycles. The van der Waals surface area contributed by atoms with Gasteiger partial charge in [0.2, 0.25) is 5.91 Å². The number of carbonyl (C=O) groups is 3. The first kappa shape index (κ1) is 20.4. The van der Waals surface area contributed by atoms with Gasteiger partial charge in [-0.1, -0.05) is 36.4 Å². The van der Waals surface area contributed by atoms with Crippen LogP contribution in [0.4, 0.5) is 5.69 Å². The fourth-order valence-electron chi connectivity index (χ4n) is 2.17. The van der Waals surface area contributed by atoms with Crippen molar-refractivity contribution in [2.75, 3.05) is 11.9 Å². The van der Waals surface area contributed by atoms with Crippen molar-refractivity contribution in [3.8, 4) is 0 Å². The zero-order valence-electron chi connectivity index (χ0n) is 14.9. The summed E-state index contributed by atoms with van der Waals surface area (Å²) in [4.78, 5) is 35.6. The maximum atomic E-state index is 12.3. The number of halogens is 1. The maximum absolute atomic E-state index is 12.3. The quantitative estimate of drug-likeness (QED) is 0.543. The summed E-state index contributed by atoms with van der Waals surface area (Å²) in [6, 6.07) is 14.4. The second-order valence-corrected chi connectivity index (χ2v) is 6.61. The standard InChI is InChI=1S/C20H19BrN2O4/c1-13-8-9-17(16(21)10-13)23-19(25)12-27-20(26)18(22-14(2)24)11-15-6-4-3-5-7-15/h3-11H,12H2,1-2H3,(H,22,24)(H,23,25)/b18-11-. The monoisotopic (exact) mass is 430 g/mol. The number of hydrogen-bond acceptors (Lipinski definition) is 4. The van der Waals surface area contributed by atoms with Gasteiger partial charge in [-0.3, -0.25) is 9.59 Å². The van der Waals surface area contributed by atoms with E-state index in [0.29, 0.717) is 11.3 Å². The van der Waals surface area contributed by atoms with Gasteiger partial charge in [0.1, 0.15) is 5.70 Å². The second-order valence-electron chi connectivity index (χ2n) is 5.76. The molecule has 0 saturated carbocycles. The minimum atomic E-state index is -0.799. The van der Waals surface area contributed by atoms with Crippen molar-refractivity contribution in [3.05, 3.63) is 69.8 Å². The van der Waals surface area contributed by atoms with E-state index in [2.05, 4.69) is 26.6 Å². The van der Waals surface area contributed by atoms with E-state index in [1.54, 1.807) is 30.3 Å². The van der Waals surface area contributed by atoms with E-state index in [-0.39, 0.29) is 5.70 Å². The van der Waals surface area contributed by atoms with Crippen LogP contribution in [0.25, 0.3) is 6.08 Å². The summed E-state index contributed by atoms with van der Waals surface area (Å²) >= 11 is 3.36. The highest BCUT2D eigenvalue weighted by Gasteiger charge is 2.15. The normalized spacial score (nSPS) is 10.9. The zero-order chi connectivity index (χ0) is 19.8. The molecule has 0 aliphatic rings. The molecular formula is C20H19BrN2O4. The summed E-state index contributed by atoms with van der Waals surface area (Å²) in [5.41, 5.74) is 2.28. The van der Waals surface area contributed by atoms with Crippen LogP contribution in [0, 0.1) is 6.92 Å². The first-order valence-electron chi connectivity index (χ1n) is 8.12. The largest absolute Gasteiger partial charge is 0.451 e. The lowest BCUT2D eigenvalue weighted by atomic mass is 10.2. The molecule has 0 atom stereocenters. The molecule has 6 nitrogen and oxygen atoms in total. The maximum Gasteiger partial charge on any atom is 0.355 e. The smallest absolute Gasteiger partial charge is 0.355 e. The number of anilines is 1. The van der Waals surface area contributed by atoms with Gasteiger partial charge in [-0.25, -0.2) is 4.79 Å². The Balaban J connectivity index is 2.01. The van der Waals surface area contributed by atoms with Crippen LogP contribution in [0.1, 0.15) is 18.1 Å². The lowest BCUT2D eigenvalue weighted by Crippen LogP contribution is -2.28. The Morgan fingerprint density at radius 3 is 2.44 bits per heavy atom. The first-order chi connectivity index (χ1) is 12.8. The fourth-order valence-corrected chi connectivity index (χ4v) is 2.76. The highest BCUT2D eigenvalue weighted by Crippen LogP contribution is 2.23. The van der Waals surface area contributed by atoms with Crippen LogP contribution in [0.5, 0.6) is 0 Å². The van der Waals surface area contributed by atoms with E-state index in [1.165, 1.54) is 13.0 Å². The summed E-state index contributed by atoms with van der Waals surface area (Å²) in [7, 11) is 0. The summed E-state index contributed by atoms with van der Waals surface area (Å²) in [6.45, 7) is 2.74. The van der Waals surface area contributed by atoms with Crippen molar-refractivity contribution in [3.63, 3.8) is 0 Å². The number of hydrogen-bond donors (Lipinski definition) is 2. The summed E-state index contributed by atoms with van der Waals surface area (Å²) < 4.78 is 5.75. The Morgan fingerprint density at radius 2 is 1.81 bits per heavy atom. The number of esters is 1. The van der Waals surface area contributed by atoms with Gasteiger partial charge in [-0.2, -0.15) is 0 Å². The van der Waals surface area contributed by atoms with Crippen LogP contribution in [0.15, 0.2) is 58.7 Å². The predicted octanol–water partition coefficient (Wildman–Crippen LogP) is 3.42. The van der Waals surface area contributed by atoms with Crippen molar-refractivity contribution in [2.24, 2.45) is 0 Å². The molecule has 2 aromatic carbocycles. The molecule has 140 valence electrons. The van der Waals surface area contributed by atoms with Crippen LogP contribution >= 0.6 is 15.9 Å². The summed E-state index contributed by atoms with van der Waals surface area (Å²) in [5.74, 6) is -1.70. The van der Waals surface area contributed by atoms with E-state index in [1.807, 2.05) is 25.1 Å². The third kappa shape index (κ3) is 6.71. The number of aryl methyl sites for hydroxylation is 1. The molecule has 2 aromatic rings. The Labute approximate surface area is 165 Å². The number of rotatable bonds is 6. The molecule has 27 heavy (non-hydrogen) atoms. The SMILES string of the molecule is CC(=O)N/C(=C\c1ccccc1)C(=O)OCC(=O)Nc1ccc(C)cc1Br. The van der Waals surface area contributed by atoms with Crippen molar-refractivity contribution >= 4 is 45.5 Å². The molecule has 0 aromatic heterocycles. The minimum Gasteiger partial charge on any atom is -0.451 e. The molecule has 0 saturated heterocycles. The molecule has 7 heteroatoms. The molecular weight excluding hydrogens is 412 g/mol. The molecule has 0 heterocycles. The molecule has 2 N–H and O–H groups in total. The minimum absolute atomic E-state index is 0.0435. The average molecular weight is 431 g/mol. The van der Waals surface area contributed by atoms with Gasteiger partial charge >= 0.3 is 5.97 Å². The zero-order valence-corrected chi connectivity index (χ0v) is 16.5. The third-order valence-corrected chi connectivity index (χ3v) is 4.03. The van der Waals surface area contributed by atoms with Gasteiger partial charge in [0.05, 0.1) is 5.69 Å². The Hall–Kier alpha value is -2.93. The molecule has 0 spiro atoms. The number of ether oxygens (including phenoxy) is 1. The van der Waals surface area contributed by atoms with Crippen molar-refractivity contribution in [1.29, 1.82) is 0 Å². The lowest BCUT2D eigenvalue weighted by Gasteiger charge is -2.10. The molecule has 0 radical (unpaired) electrons. The van der Waals surface area contributed by atoms with Gasteiger partial charge in [0.25, 0.3) is 5.91 Å². The number of amides is 2. The van der Waals surface area contributed by atoms with Gasteiger partial charge in [-0.05, 0) is 52.2 Å². The van der Waals surface area contributed by atoms with Gasteiger partial charge in [-0.15, -0.1) is 0 Å². The lowest BCUT2D eigenvalue weighted by molar-refractivity contribution is -0.144. The van der Waals surface area contributed by atoms with E-state index in [9.17, 15) is 14.4 Å². The second kappa shape index (κ2) is 9.68. The molecule has 2 rings (SSSR count). The highest BCUT2D eigenvalue weighted by molar-refractivity contribution is 9.10. The van der Waals surface area contributed by atoms with E-state index >= 15 is 0 Å². The van der Waals surface area contributed by atoms with Crippen molar-refractivity contribution in [2.45, 2.75) is 13.8 Å². The van der Waals surface area contributed by atoms with Crippen LogP contribution in [0.3, 0.4) is 0 Å². The van der Waals surface area contributed by atoms with Gasteiger partial charge in [0, 0.05) is 11.4 Å². The van der Waals surface area contributed by atoms with E-state index in [0.717, 1.165) is 10.0 Å². The average Bonchev–Trinajstić information content (AvgIpc) is 2.62. The van der Waals surface area contributed by atoms with Crippen molar-refractivity contribution in [1.82, 2.24) is 5.32 Å².